The number of benzene rings is 2. The Morgan fingerprint density at radius 3 is 2.14 bits per heavy atom. The fourth-order valence-corrected chi connectivity index (χ4v) is 3.04. The number of rotatable bonds is 1. The highest BCUT2D eigenvalue weighted by atomic mass is 16.2. The second kappa shape index (κ2) is 4.53. The van der Waals surface area contributed by atoms with E-state index in [4.69, 9.17) is 0 Å². The Hall–Kier alpha value is -2.95. The molecule has 1 N–H and O–H groups in total. The quantitative estimate of drug-likeness (QED) is 0.816. The molecule has 2 aromatic carbocycles. The summed E-state index contributed by atoms with van der Waals surface area (Å²) in [6, 6.07) is 13.3. The molecule has 0 aliphatic carbocycles. The Morgan fingerprint density at radius 1 is 0.864 bits per heavy atom. The van der Waals surface area contributed by atoms with Gasteiger partial charge < -0.3 is 5.32 Å². The molecule has 108 valence electrons. The average Bonchev–Trinajstić information content (AvgIpc) is 2.79. The van der Waals surface area contributed by atoms with E-state index in [1.807, 2.05) is 24.3 Å². The first-order valence-corrected chi connectivity index (χ1v) is 7.02. The third kappa shape index (κ3) is 1.69. The standard InChI is InChI=1S/C17H12N2O3/c20-15-14(9-10-5-1-4-8-13(10)18-15)19-16(21)11-6-2-3-7-12(11)17(19)22/h1-8,14H,9H2,(H,18,20). The Balaban J connectivity index is 1.74. The highest BCUT2D eigenvalue weighted by molar-refractivity contribution is 6.23. The number of nitrogens with one attached hydrogen (secondary N) is 1. The zero-order chi connectivity index (χ0) is 15.3. The van der Waals surface area contributed by atoms with Crippen LogP contribution >= 0.6 is 0 Å². The van der Waals surface area contributed by atoms with Crippen molar-refractivity contribution < 1.29 is 14.4 Å². The smallest absolute Gasteiger partial charge is 0.262 e. The molecule has 2 aliphatic rings. The molecule has 2 aliphatic heterocycles. The minimum Gasteiger partial charge on any atom is -0.324 e. The first kappa shape index (κ1) is 12.8. The van der Waals surface area contributed by atoms with Crippen LogP contribution in [0.3, 0.4) is 0 Å². The maximum Gasteiger partial charge on any atom is 0.262 e. The van der Waals surface area contributed by atoms with Crippen LogP contribution in [0.1, 0.15) is 26.3 Å². The third-order valence-corrected chi connectivity index (χ3v) is 4.13. The van der Waals surface area contributed by atoms with Gasteiger partial charge in [0.25, 0.3) is 11.8 Å². The zero-order valence-electron chi connectivity index (χ0n) is 11.6. The van der Waals surface area contributed by atoms with E-state index in [9.17, 15) is 14.4 Å². The molecule has 2 heterocycles. The molecule has 0 radical (unpaired) electrons. The first-order valence-electron chi connectivity index (χ1n) is 7.02. The molecule has 1 unspecified atom stereocenters. The number of fused-ring (bicyclic) bond motifs is 2. The summed E-state index contributed by atoms with van der Waals surface area (Å²) in [4.78, 5) is 38.4. The van der Waals surface area contributed by atoms with E-state index >= 15 is 0 Å². The van der Waals surface area contributed by atoms with Crippen LogP contribution in [0.4, 0.5) is 5.69 Å². The van der Waals surface area contributed by atoms with Crippen molar-refractivity contribution in [2.24, 2.45) is 0 Å². The topological polar surface area (TPSA) is 66.5 Å². The van der Waals surface area contributed by atoms with E-state index in [1.54, 1.807) is 24.3 Å². The van der Waals surface area contributed by atoms with Crippen molar-refractivity contribution in [3.63, 3.8) is 0 Å². The molecule has 0 bridgehead atoms. The van der Waals surface area contributed by atoms with E-state index in [1.165, 1.54) is 0 Å². The summed E-state index contributed by atoms with van der Waals surface area (Å²) < 4.78 is 0. The summed E-state index contributed by atoms with van der Waals surface area (Å²) in [7, 11) is 0. The minimum atomic E-state index is -0.803. The second-order valence-electron chi connectivity index (χ2n) is 5.39. The molecule has 2 aromatic rings. The van der Waals surface area contributed by atoms with Crippen LogP contribution < -0.4 is 5.32 Å². The van der Waals surface area contributed by atoms with Gasteiger partial charge in [-0.1, -0.05) is 30.3 Å². The van der Waals surface area contributed by atoms with E-state index in [2.05, 4.69) is 5.32 Å². The molecule has 5 heteroatoms. The number of anilines is 1. The predicted molar refractivity (Wildman–Crippen MR) is 79.5 cm³/mol. The Kier molecular flexibility index (Phi) is 2.63. The van der Waals surface area contributed by atoms with Crippen LogP contribution in [0.25, 0.3) is 0 Å². The summed E-state index contributed by atoms with van der Waals surface area (Å²) >= 11 is 0. The number of para-hydroxylation sites is 1. The lowest BCUT2D eigenvalue weighted by Crippen LogP contribution is -2.50. The SMILES string of the molecule is O=C1Nc2ccccc2CC1N1C(=O)c2ccccc2C1=O. The summed E-state index contributed by atoms with van der Waals surface area (Å²) in [5.74, 6) is -1.13. The van der Waals surface area contributed by atoms with Crippen LogP contribution in [0.5, 0.6) is 0 Å². The number of amides is 3. The highest BCUT2D eigenvalue weighted by Crippen LogP contribution is 2.30. The fourth-order valence-electron chi connectivity index (χ4n) is 3.04. The molecular weight excluding hydrogens is 280 g/mol. The van der Waals surface area contributed by atoms with Gasteiger partial charge in [-0.2, -0.15) is 0 Å². The summed E-state index contributed by atoms with van der Waals surface area (Å²) in [5.41, 5.74) is 2.38. The van der Waals surface area contributed by atoms with Crippen LogP contribution in [-0.2, 0) is 11.2 Å². The molecule has 0 spiro atoms. The third-order valence-electron chi connectivity index (χ3n) is 4.13. The van der Waals surface area contributed by atoms with Crippen molar-refractivity contribution in [3.8, 4) is 0 Å². The van der Waals surface area contributed by atoms with E-state index in [0.29, 0.717) is 17.5 Å². The van der Waals surface area contributed by atoms with Crippen LogP contribution in [-0.4, -0.2) is 28.7 Å². The van der Waals surface area contributed by atoms with E-state index in [-0.39, 0.29) is 5.91 Å². The molecular formula is C17H12N2O3. The van der Waals surface area contributed by atoms with E-state index < -0.39 is 17.9 Å². The number of hydrogen-bond donors (Lipinski definition) is 1. The molecule has 1 atom stereocenters. The lowest BCUT2D eigenvalue weighted by atomic mass is 9.98. The van der Waals surface area contributed by atoms with Crippen molar-refractivity contribution in [1.82, 2.24) is 4.90 Å². The molecule has 0 fully saturated rings. The van der Waals surface area contributed by atoms with Crippen molar-refractivity contribution in [3.05, 3.63) is 65.2 Å². The van der Waals surface area contributed by atoms with Gasteiger partial charge in [-0.15, -0.1) is 0 Å². The van der Waals surface area contributed by atoms with Crippen molar-refractivity contribution >= 4 is 23.4 Å². The van der Waals surface area contributed by atoms with Gasteiger partial charge in [0.2, 0.25) is 5.91 Å². The fraction of sp³-hybridized carbons (Fsp3) is 0.118. The maximum atomic E-state index is 12.5. The van der Waals surface area contributed by atoms with Crippen molar-refractivity contribution in [2.75, 3.05) is 5.32 Å². The summed E-state index contributed by atoms with van der Waals surface area (Å²) in [6.07, 6.45) is 0.341. The minimum absolute atomic E-state index is 0.326. The first-order chi connectivity index (χ1) is 10.7. The number of carbonyl (C=O) groups is 3. The van der Waals surface area contributed by atoms with Crippen LogP contribution in [0, 0.1) is 0 Å². The maximum absolute atomic E-state index is 12.5. The largest absolute Gasteiger partial charge is 0.324 e. The van der Waals surface area contributed by atoms with Gasteiger partial charge in [-0.05, 0) is 23.8 Å². The number of nitrogens with zero attached hydrogens (tertiary/aromatic N) is 1. The summed E-state index contributed by atoms with van der Waals surface area (Å²) in [5, 5.41) is 2.77. The highest BCUT2D eigenvalue weighted by Gasteiger charge is 2.44. The Bertz CT molecular complexity index is 793. The average molecular weight is 292 g/mol. The predicted octanol–water partition coefficient (Wildman–Crippen LogP) is 1.85. The van der Waals surface area contributed by atoms with Crippen molar-refractivity contribution in [2.45, 2.75) is 12.5 Å². The number of hydrogen-bond acceptors (Lipinski definition) is 3. The molecule has 0 saturated heterocycles. The van der Waals surface area contributed by atoms with Gasteiger partial charge in [0.15, 0.2) is 0 Å². The Labute approximate surface area is 126 Å². The zero-order valence-corrected chi connectivity index (χ0v) is 11.6. The molecule has 5 nitrogen and oxygen atoms in total. The van der Waals surface area contributed by atoms with Crippen LogP contribution in [0.15, 0.2) is 48.5 Å². The van der Waals surface area contributed by atoms with Gasteiger partial charge in [-0.3, -0.25) is 19.3 Å². The van der Waals surface area contributed by atoms with Gasteiger partial charge in [0, 0.05) is 12.1 Å². The monoisotopic (exact) mass is 292 g/mol. The lowest BCUT2D eigenvalue weighted by Gasteiger charge is -2.30. The molecule has 4 rings (SSSR count). The number of carbonyl (C=O) groups excluding carboxylic acids is 3. The summed E-state index contributed by atoms with van der Waals surface area (Å²) in [6.45, 7) is 0. The molecule has 0 aromatic heterocycles. The molecule has 22 heavy (non-hydrogen) atoms. The molecule has 3 amide bonds. The molecule has 0 saturated carbocycles. The number of imide groups is 1. The Morgan fingerprint density at radius 2 is 1.45 bits per heavy atom. The second-order valence-corrected chi connectivity index (χ2v) is 5.39. The van der Waals surface area contributed by atoms with Gasteiger partial charge in [0.05, 0.1) is 11.1 Å². The van der Waals surface area contributed by atoms with Gasteiger partial charge in [0.1, 0.15) is 6.04 Å². The van der Waals surface area contributed by atoms with Crippen molar-refractivity contribution in [1.29, 1.82) is 0 Å². The van der Waals surface area contributed by atoms with Crippen LogP contribution in [0.2, 0.25) is 0 Å². The normalized spacial score (nSPS) is 19.7. The van der Waals surface area contributed by atoms with Gasteiger partial charge in [-0.25, -0.2) is 0 Å². The van der Waals surface area contributed by atoms with E-state index in [0.717, 1.165) is 16.2 Å². The lowest BCUT2D eigenvalue weighted by molar-refractivity contribution is -0.120. The van der Waals surface area contributed by atoms with Gasteiger partial charge >= 0.3 is 0 Å².